The summed E-state index contributed by atoms with van der Waals surface area (Å²) in [6.07, 6.45) is 3.10. The number of amides is 1. The monoisotopic (exact) mass is 529 g/mol. The molecule has 4 N–H and O–H groups in total. The van der Waals surface area contributed by atoms with Gasteiger partial charge >= 0.3 is 6.61 Å². The number of carbonyl (C=O) groups excluding carboxylic acids is 1. The van der Waals surface area contributed by atoms with Crippen LogP contribution < -0.4 is 30.9 Å². The van der Waals surface area contributed by atoms with Gasteiger partial charge in [0, 0.05) is 49.2 Å². The highest BCUT2D eigenvalue weighted by atomic mass is 35.5. The molecule has 9 nitrogen and oxygen atoms in total. The van der Waals surface area contributed by atoms with E-state index >= 15 is 0 Å². The fourth-order valence-corrected chi connectivity index (χ4v) is 4.93. The molecule has 1 amide bonds. The molecule has 2 aromatic carbocycles. The Morgan fingerprint density at radius 2 is 2.14 bits per heavy atom. The standard InChI is InChI=1S/C25H26ClF2N7O2/c1-14-15(9-29-13-36)3-2-4-20(14)32-23-19(26)11-31-25(34-23)33-21-6-5-17(8-22(21)37-24(27)28)35-12-16-7-18(35)10-30-16/h2-6,8,11,13,16,18,24,30H,7,9-10,12H2,1H3,(H,29,36)(H2,31,32,33,34). The molecule has 0 radical (unpaired) electrons. The molecule has 5 rings (SSSR count). The Hall–Kier alpha value is -3.70. The third-order valence-electron chi connectivity index (χ3n) is 6.63. The molecule has 2 aliphatic heterocycles. The lowest BCUT2D eigenvalue weighted by Crippen LogP contribution is -2.43. The molecule has 2 saturated heterocycles. The van der Waals surface area contributed by atoms with Crippen LogP contribution in [0.5, 0.6) is 5.75 Å². The molecule has 0 aliphatic carbocycles. The van der Waals surface area contributed by atoms with Crippen LogP contribution in [0.25, 0.3) is 0 Å². The number of benzene rings is 2. The second kappa shape index (κ2) is 10.7. The minimum Gasteiger partial charge on any atom is -0.433 e. The van der Waals surface area contributed by atoms with Gasteiger partial charge < -0.3 is 30.9 Å². The number of hydrogen-bond donors (Lipinski definition) is 4. The maximum atomic E-state index is 13.2. The molecule has 0 spiro atoms. The highest BCUT2D eigenvalue weighted by Crippen LogP contribution is 2.37. The van der Waals surface area contributed by atoms with Gasteiger partial charge in [0.15, 0.2) is 11.6 Å². The predicted molar refractivity (Wildman–Crippen MR) is 138 cm³/mol. The fraction of sp³-hybridized carbons (Fsp3) is 0.320. The number of hydrogen-bond acceptors (Lipinski definition) is 8. The number of aromatic nitrogens is 2. The summed E-state index contributed by atoms with van der Waals surface area (Å²) in [5.41, 5.74) is 3.72. The molecule has 0 saturated carbocycles. The summed E-state index contributed by atoms with van der Waals surface area (Å²) in [7, 11) is 0. The number of alkyl halides is 2. The van der Waals surface area contributed by atoms with Crippen LogP contribution in [0.4, 0.5) is 37.6 Å². The molecule has 3 heterocycles. The Balaban J connectivity index is 1.38. The zero-order valence-corrected chi connectivity index (χ0v) is 20.7. The number of fused-ring (bicyclic) bond motifs is 2. The van der Waals surface area contributed by atoms with E-state index in [9.17, 15) is 13.6 Å². The topological polar surface area (TPSA) is 103 Å². The lowest BCUT2D eigenvalue weighted by molar-refractivity contribution is -0.109. The summed E-state index contributed by atoms with van der Waals surface area (Å²) in [6.45, 7) is 1.01. The van der Waals surface area contributed by atoms with E-state index in [4.69, 9.17) is 16.3 Å². The van der Waals surface area contributed by atoms with Crippen molar-refractivity contribution in [2.24, 2.45) is 0 Å². The first-order chi connectivity index (χ1) is 17.9. The first kappa shape index (κ1) is 25.0. The van der Waals surface area contributed by atoms with Crippen LogP contribution in [0, 0.1) is 6.92 Å². The van der Waals surface area contributed by atoms with Crippen LogP contribution in [0.3, 0.4) is 0 Å². The number of nitrogens with one attached hydrogen (secondary N) is 4. The van der Waals surface area contributed by atoms with Crippen LogP contribution in [-0.4, -0.2) is 48.2 Å². The van der Waals surface area contributed by atoms with Gasteiger partial charge in [-0.25, -0.2) is 4.98 Å². The quantitative estimate of drug-likeness (QED) is 0.288. The summed E-state index contributed by atoms with van der Waals surface area (Å²) in [5, 5.41) is 12.5. The zero-order valence-electron chi connectivity index (χ0n) is 20.0. The number of halogens is 3. The van der Waals surface area contributed by atoms with Crippen molar-refractivity contribution in [2.45, 2.75) is 38.6 Å². The molecule has 2 bridgehead atoms. The largest absolute Gasteiger partial charge is 0.433 e. The number of nitrogens with zero attached hydrogens (tertiary/aromatic N) is 3. The summed E-state index contributed by atoms with van der Waals surface area (Å²) in [6, 6.07) is 11.6. The number of carbonyl (C=O) groups is 1. The average Bonchev–Trinajstić information content (AvgIpc) is 3.51. The molecule has 194 valence electrons. The van der Waals surface area contributed by atoms with E-state index < -0.39 is 6.61 Å². The second-order valence-electron chi connectivity index (χ2n) is 8.93. The van der Waals surface area contributed by atoms with E-state index in [0.717, 1.165) is 42.0 Å². The summed E-state index contributed by atoms with van der Waals surface area (Å²) in [4.78, 5) is 21.5. The van der Waals surface area contributed by atoms with Gasteiger partial charge in [0.25, 0.3) is 0 Å². The SMILES string of the molecule is Cc1c(CNC=O)cccc1Nc1nc(Nc2ccc(N3CC4CC3CN4)cc2OC(F)F)ncc1Cl. The van der Waals surface area contributed by atoms with Crippen LogP contribution >= 0.6 is 11.6 Å². The molecular formula is C25H26ClF2N7O2. The highest BCUT2D eigenvalue weighted by molar-refractivity contribution is 6.32. The molecule has 1 aromatic heterocycles. The first-order valence-electron chi connectivity index (χ1n) is 11.8. The van der Waals surface area contributed by atoms with Crippen molar-refractivity contribution >= 4 is 46.8 Å². The van der Waals surface area contributed by atoms with Gasteiger partial charge in [-0.15, -0.1) is 0 Å². The molecule has 37 heavy (non-hydrogen) atoms. The van der Waals surface area contributed by atoms with Crippen molar-refractivity contribution in [3.63, 3.8) is 0 Å². The van der Waals surface area contributed by atoms with Gasteiger partial charge in [0.05, 0.1) is 11.9 Å². The first-order valence-corrected chi connectivity index (χ1v) is 12.2. The van der Waals surface area contributed by atoms with Crippen molar-refractivity contribution in [3.8, 4) is 5.75 Å². The maximum Gasteiger partial charge on any atom is 0.387 e. The predicted octanol–water partition coefficient (Wildman–Crippen LogP) is 4.32. The van der Waals surface area contributed by atoms with Gasteiger partial charge in [0.2, 0.25) is 12.4 Å². The second-order valence-corrected chi connectivity index (χ2v) is 9.34. The van der Waals surface area contributed by atoms with Crippen LogP contribution in [-0.2, 0) is 11.3 Å². The lowest BCUT2D eigenvalue weighted by atomic mass is 10.1. The van der Waals surface area contributed by atoms with Crippen molar-refractivity contribution < 1.29 is 18.3 Å². The Bertz CT molecular complexity index is 1300. The Morgan fingerprint density at radius 3 is 2.86 bits per heavy atom. The number of piperazine rings is 1. The van der Waals surface area contributed by atoms with Crippen molar-refractivity contribution in [3.05, 3.63) is 58.7 Å². The Morgan fingerprint density at radius 1 is 1.27 bits per heavy atom. The summed E-state index contributed by atoms with van der Waals surface area (Å²) in [5.74, 6) is 0.485. The maximum absolute atomic E-state index is 13.2. The molecule has 2 aliphatic rings. The van der Waals surface area contributed by atoms with Crippen LogP contribution in [0.15, 0.2) is 42.6 Å². The number of ether oxygens (including phenoxy) is 1. The molecule has 2 atom stereocenters. The van der Waals surface area contributed by atoms with E-state index in [2.05, 4.69) is 36.1 Å². The van der Waals surface area contributed by atoms with Crippen LogP contribution in [0.1, 0.15) is 17.5 Å². The van der Waals surface area contributed by atoms with Gasteiger partial charge in [-0.1, -0.05) is 23.7 Å². The van der Waals surface area contributed by atoms with Gasteiger partial charge in [-0.2, -0.15) is 13.8 Å². The molecule has 2 unspecified atom stereocenters. The molecular weight excluding hydrogens is 504 g/mol. The van der Waals surface area contributed by atoms with Gasteiger partial charge in [-0.3, -0.25) is 4.79 Å². The summed E-state index contributed by atoms with van der Waals surface area (Å²) < 4.78 is 31.3. The lowest BCUT2D eigenvalue weighted by Gasteiger charge is -2.30. The van der Waals surface area contributed by atoms with E-state index in [1.165, 1.54) is 6.20 Å². The van der Waals surface area contributed by atoms with E-state index in [-0.39, 0.29) is 16.7 Å². The normalized spacial score (nSPS) is 18.2. The highest BCUT2D eigenvalue weighted by Gasteiger charge is 2.37. The van der Waals surface area contributed by atoms with E-state index in [1.807, 2.05) is 31.2 Å². The smallest absolute Gasteiger partial charge is 0.387 e. The minimum absolute atomic E-state index is 0.00233. The average molecular weight is 530 g/mol. The van der Waals surface area contributed by atoms with Gasteiger partial charge in [0.1, 0.15) is 5.02 Å². The molecule has 2 fully saturated rings. The molecule has 3 aromatic rings. The fourth-order valence-electron chi connectivity index (χ4n) is 4.79. The minimum atomic E-state index is -2.99. The zero-order chi connectivity index (χ0) is 25.9. The number of anilines is 5. The Labute approximate surface area is 217 Å². The van der Waals surface area contributed by atoms with Crippen molar-refractivity contribution in [1.82, 2.24) is 20.6 Å². The third-order valence-corrected chi connectivity index (χ3v) is 6.91. The number of rotatable bonds is 10. The van der Waals surface area contributed by atoms with Crippen LogP contribution in [0.2, 0.25) is 5.02 Å². The van der Waals surface area contributed by atoms with E-state index in [0.29, 0.717) is 36.5 Å². The third kappa shape index (κ3) is 5.52. The Kier molecular flexibility index (Phi) is 7.24. The van der Waals surface area contributed by atoms with Crippen molar-refractivity contribution in [2.75, 3.05) is 28.6 Å². The van der Waals surface area contributed by atoms with E-state index in [1.54, 1.807) is 12.1 Å². The summed E-state index contributed by atoms with van der Waals surface area (Å²) >= 11 is 6.34. The van der Waals surface area contributed by atoms with Crippen molar-refractivity contribution in [1.29, 1.82) is 0 Å². The molecule has 12 heteroatoms. The van der Waals surface area contributed by atoms with Gasteiger partial charge in [-0.05, 0) is 42.7 Å².